The summed E-state index contributed by atoms with van der Waals surface area (Å²) in [5.74, 6) is 0.638. The Morgan fingerprint density at radius 3 is 2.75 bits per heavy atom. The van der Waals surface area contributed by atoms with Crippen LogP contribution in [0, 0.1) is 0 Å². The molecule has 3 aromatic rings. The largest absolute Gasteiger partial charge is 0.495 e. The zero-order chi connectivity index (χ0) is 19.9. The number of nitrogens with one attached hydrogen (secondary N) is 2. The fourth-order valence-electron chi connectivity index (χ4n) is 2.34. The van der Waals surface area contributed by atoms with Crippen LogP contribution < -0.4 is 15.4 Å². The van der Waals surface area contributed by atoms with Gasteiger partial charge in [0.05, 0.1) is 18.0 Å². The number of carbonyl (C=O) groups excluding carboxylic acids is 1. The van der Waals surface area contributed by atoms with Crippen molar-refractivity contribution < 1.29 is 9.53 Å². The zero-order valence-corrected chi connectivity index (χ0v) is 17.7. The lowest BCUT2D eigenvalue weighted by molar-refractivity contribution is -0.120. The van der Waals surface area contributed by atoms with Crippen LogP contribution in [0.15, 0.2) is 52.9 Å². The zero-order valence-electron chi connectivity index (χ0n) is 15.3. The normalized spacial score (nSPS) is 11.7. The smallest absolute Gasteiger partial charge is 0.233 e. The second-order valence-corrected chi connectivity index (χ2v) is 8.74. The number of halogens is 1. The van der Waals surface area contributed by atoms with Crippen LogP contribution in [-0.2, 0) is 11.3 Å². The molecule has 1 unspecified atom stereocenters. The fraction of sp³-hybridized carbons (Fsp3) is 0.211. The molecule has 0 radical (unpaired) electrons. The van der Waals surface area contributed by atoms with E-state index < -0.39 is 0 Å². The summed E-state index contributed by atoms with van der Waals surface area (Å²) in [6.45, 7) is 2.22. The van der Waals surface area contributed by atoms with Crippen molar-refractivity contribution in [3.05, 3.63) is 59.1 Å². The van der Waals surface area contributed by atoms with Gasteiger partial charge >= 0.3 is 0 Å². The van der Waals surface area contributed by atoms with Gasteiger partial charge in [0.15, 0.2) is 4.34 Å². The first-order valence-corrected chi connectivity index (χ1v) is 10.6. The van der Waals surface area contributed by atoms with E-state index in [1.807, 2.05) is 49.4 Å². The van der Waals surface area contributed by atoms with Gasteiger partial charge in [-0.3, -0.25) is 4.79 Å². The Labute approximate surface area is 176 Å². The summed E-state index contributed by atoms with van der Waals surface area (Å²) < 4.78 is 6.02. The first kappa shape index (κ1) is 20.4. The molecule has 1 atom stereocenters. The fourth-order valence-corrected chi connectivity index (χ4v) is 4.48. The molecule has 0 bridgehead atoms. The highest BCUT2D eigenvalue weighted by molar-refractivity contribution is 8.02. The Balaban J connectivity index is 1.55. The van der Waals surface area contributed by atoms with Crippen molar-refractivity contribution in [2.75, 3.05) is 12.4 Å². The van der Waals surface area contributed by atoms with E-state index in [4.69, 9.17) is 16.3 Å². The van der Waals surface area contributed by atoms with Gasteiger partial charge in [0.1, 0.15) is 5.75 Å². The van der Waals surface area contributed by atoms with Gasteiger partial charge < -0.3 is 15.4 Å². The van der Waals surface area contributed by atoms with Crippen LogP contribution in [0.1, 0.15) is 12.5 Å². The van der Waals surface area contributed by atoms with Gasteiger partial charge in [-0.1, -0.05) is 65.0 Å². The molecule has 0 saturated carbocycles. The maximum atomic E-state index is 12.4. The van der Waals surface area contributed by atoms with Crippen LogP contribution in [0.3, 0.4) is 0 Å². The maximum absolute atomic E-state index is 12.4. The van der Waals surface area contributed by atoms with E-state index in [1.165, 1.54) is 23.1 Å². The number of ether oxygens (including phenoxy) is 1. The standard InChI is InChI=1S/C19H19ClN4O2S2/c1-12(17(25)21-11-13-7-3-4-8-14(13)20)27-19-24-23-18(28-19)22-15-9-5-6-10-16(15)26-2/h3-10,12H,11H2,1-2H3,(H,21,25)(H,22,23). The molecule has 1 amide bonds. The van der Waals surface area contributed by atoms with Crippen LogP contribution in [0.5, 0.6) is 5.75 Å². The summed E-state index contributed by atoms with van der Waals surface area (Å²) in [5, 5.41) is 15.3. The molecule has 0 aliphatic carbocycles. The number of aromatic nitrogens is 2. The Morgan fingerprint density at radius 1 is 1.21 bits per heavy atom. The monoisotopic (exact) mass is 434 g/mol. The number of methoxy groups -OCH3 is 1. The van der Waals surface area contributed by atoms with Crippen molar-refractivity contribution in [1.29, 1.82) is 0 Å². The molecule has 2 N–H and O–H groups in total. The van der Waals surface area contributed by atoms with Gasteiger partial charge in [-0.15, -0.1) is 10.2 Å². The van der Waals surface area contributed by atoms with Crippen molar-refractivity contribution in [2.24, 2.45) is 0 Å². The van der Waals surface area contributed by atoms with E-state index in [1.54, 1.807) is 13.2 Å². The highest BCUT2D eigenvalue weighted by Crippen LogP contribution is 2.33. The Kier molecular flexibility index (Phi) is 7.13. The number of thioether (sulfide) groups is 1. The molecule has 9 heteroatoms. The molecule has 0 spiro atoms. The molecule has 146 valence electrons. The van der Waals surface area contributed by atoms with Gasteiger partial charge in [0.25, 0.3) is 0 Å². The molecule has 0 aliphatic rings. The van der Waals surface area contributed by atoms with Crippen molar-refractivity contribution in [3.8, 4) is 5.75 Å². The number of para-hydroxylation sites is 2. The van der Waals surface area contributed by atoms with E-state index in [9.17, 15) is 4.79 Å². The predicted molar refractivity (Wildman–Crippen MR) is 115 cm³/mol. The summed E-state index contributed by atoms with van der Waals surface area (Å²) in [6.07, 6.45) is 0. The van der Waals surface area contributed by atoms with Gasteiger partial charge in [-0.2, -0.15) is 0 Å². The average Bonchev–Trinajstić information content (AvgIpc) is 3.14. The number of nitrogens with zero attached hydrogens (tertiary/aromatic N) is 2. The molecule has 0 saturated heterocycles. The van der Waals surface area contributed by atoms with Crippen LogP contribution in [0.4, 0.5) is 10.8 Å². The summed E-state index contributed by atoms with van der Waals surface area (Å²) in [7, 11) is 1.62. The van der Waals surface area contributed by atoms with Crippen molar-refractivity contribution in [3.63, 3.8) is 0 Å². The molecule has 3 rings (SSSR count). The average molecular weight is 435 g/mol. The Morgan fingerprint density at radius 2 is 1.96 bits per heavy atom. The number of benzene rings is 2. The summed E-state index contributed by atoms with van der Waals surface area (Å²) >= 11 is 8.86. The highest BCUT2D eigenvalue weighted by Gasteiger charge is 2.17. The number of anilines is 2. The van der Waals surface area contributed by atoms with Crippen LogP contribution in [0.2, 0.25) is 5.02 Å². The predicted octanol–water partition coefficient (Wildman–Crippen LogP) is 4.74. The lowest BCUT2D eigenvalue weighted by Crippen LogP contribution is -2.30. The number of hydrogen-bond acceptors (Lipinski definition) is 7. The molecule has 1 aromatic heterocycles. The summed E-state index contributed by atoms with van der Waals surface area (Å²) in [6, 6.07) is 15.0. The maximum Gasteiger partial charge on any atom is 0.233 e. The minimum atomic E-state index is -0.311. The molecule has 1 heterocycles. The minimum absolute atomic E-state index is 0.0839. The quantitative estimate of drug-likeness (QED) is 0.498. The molecular weight excluding hydrogens is 416 g/mol. The first-order valence-electron chi connectivity index (χ1n) is 8.48. The Hall–Kier alpha value is -2.29. The molecule has 6 nitrogen and oxygen atoms in total. The second kappa shape index (κ2) is 9.77. The summed E-state index contributed by atoms with van der Waals surface area (Å²) in [4.78, 5) is 12.4. The van der Waals surface area contributed by atoms with E-state index in [0.717, 1.165) is 17.0 Å². The molecule has 0 fully saturated rings. The first-order chi connectivity index (χ1) is 13.6. The molecule has 0 aliphatic heterocycles. The third-order valence-corrected chi connectivity index (χ3v) is 6.20. The second-order valence-electron chi connectivity index (χ2n) is 5.77. The van der Waals surface area contributed by atoms with Crippen LogP contribution in [-0.4, -0.2) is 28.5 Å². The number of carbonyl (C=O) groups is 1. The molecule has 2 aromatic carbocycles. The van der Waals surface area contributed by atoms with Gasteiger partial charge in [-0.25, -0.2) is 0 Å². The van der Waals surface area contributed by atoms with E-state index in [0.29, 0.717) is 21.0 Å². The number of amides is 1. The van der Waals surface area contributed by atoms with Crippen LogP contribution >= 0.6 is 34.7 Å². The van der Waals surface area contributed by atoms with E-state index >= 15 is 0 Å². The number of hydrogen-bond donors (Lipinski definition) is 2. The lowest BCUT2D eigenvalue weighted by atomic mass is 10.2. The van der Waals surface area contributed by atoms with Gasteiger partial charge in [0.2, 0.25) is 11.0 Å². The minimum Gasteiger partial charge on any atom is -0.495 e. The van der Waals surface area contributed by atoms with Gasteiger partial charge in [0, 0.05) is 11.6 Å². The van der Waals surface area contributed by atoms with Crippen molar-refractivity contribution in [1.82, 2.24) is 15.5 Å². The van der Waals surface area contributed by atoms with Crippen molar-refractivity contribution in [2.45, 2.75) is 23.1 Å². The van der Waals surface area contributed by atoms with E-state index in [-0.39, 0.29) is 11.2 Å². The highest BCUT2D eigenvalue weighted by atomic mass is 35.5. The molecule has 28 heavy (non-hydrogen) atoms. The third kappa shape index (κ3) is 5.37. The SMILES string of the molecule is COc1ccccc1Nc1nnc(SC(C)C(=O)NCc2ccccc2Cl)s1. The number of rotatable bonds is 8. The lowest BCUT2D eigenvalue weighted by Gasteiger charge is -2.11. The third-order valence-electron chi connectivity index (χ3n) is 3.81. The van der Waals surface area contributed by atoms with Crippen molar-refractivity contribution >= 4 is 51.4 Å². The Bertz CT molecular complexity index is 951. The van der Waals surface area contributed by atoms with Crippen LogP contribution in [0.25, 0.3) is 0 Å². The topological polar surface area (TPSA) is 76.1 Å². The summed E-state index contributed by atoms with van der Waals surface area (Å²) in [5.41, 5.74) is 1.69. The van der Waals surface area contributed by atoms with E-state index in [2.05, 4.69) is 20.8 Å². The molecular formula is C19H19ClN4O2S2. The van der Waals surface area contributed by atoms with Gasteiger partial charge in [-0.05, 0) is 30.7 Å².